The quantitative estimate of drug-likeness (QED) is 0.404. The average Bonchev–Trinajstić information content (AvgIpc) is 3.14. The molecule has 1 N–H and O–H groups in total. The van der Waals surface area contributed by atoms with Crippen LogP contribution in [0.3, 0.4) is 0 Å². The Bertz CT molecular complexity index is 1240. The van der Waals surface area contributed by atoms with Crippen molar-refractivity contribution in [1.82, 2.24) is 4.90 Å². The number of thiocarbonyl (C=S) groups is 1. The van der Waals surface area contributed by atoms with Gasteiger partial charge in [-0.2, -0.15) is 8.42 Å². The molecule has 0 atom stereocenters. The van der Waals surface area contributed by atoms with E-state index in [1.807, 2.05) is 43.3 Å². The summed E-state index contributed by atoms with van der Waals surface area (Å²) in [6.45, 7) is 2.06. The van der Waals surface area contributed by atoms with Gasteiger partial charge in [-0.15, -0.1) is 0 Å². The summed E-state index contributed by atoms with van der Waals surface area (Å²) >= 11 is 6.21. The average molecular weight is 475 g/mol. The van der Waals surface area contributed by atoms with E-state index >= 15 is 0 Å². The Morgan fingerprint density at radius 2 is 1.68 bits per heavy atom. The van der Waals surface area contributed by atoms with E-state index in [9.17, 15) is 18.0 Å². The molecule has 2 aliphatic heterocycles. The lowest BCUT2D eigenvalue weighted by molar-refractivity contribution is -0.122. The molecule has 4 rings (SSSR count). The second-order valence-corrected chi connectivity index (χ2v) is 10.4. The Kier molecular flexibility index (Phi) is 5.73. The Hall–Kier alpha value is -2.53. The summed E-state index contributed by atoms with van der Waals surface area (Å²) in [6, 6.07) is 15.1. The molecule has 0 saturated carbocycles. The first-order valence-corrected chi connectivity index (χ1v) is 12.2. The number of amides is 2. The van der Waals surface area contributed by atoms with E-state index in [4.69, 9.17) is 16.8 Å². The molecule has 160 valence electrons. The number of fused-ring (bicyclic) bond motifs is 1. The van der Waals surface area contributed by atoms with Gasteiger partial charge in [0.15, 0.2) is 0 Å². The van der Waals surface area contributed by atoms with E-state index in [-0.39, 0.29) is 27.3 Å². The van der Waals surface area contributed by atoms with E-state index in [1.54, 1.807) is 17.0 Å². The molecule has 10 heteroatoms. The third kappa shape index (κ3) is 4.29. The van der Waals surface area contributed by atoms with Gasteiger partial charge in [-0.05, 0) is 18.6 Å². The summed E-state index contributed by atoms with van der Waals surface area (Å²) < 4.78 is 31.3. The van der Waals surface area contributed by atoms with Crippen LogP contribution in [0.15, 0.2) is 53.4 Å². The van der Waals surface area contributed by atoms with E-state index in [2.05, 4.69) is 0 Å². The number of thioether (sulfide) groups is 1. The lowest BCUT2D eigenvalue weighted by Crippen LogP contribution is -2.33. The maximum Gasteiger partial charge on any atom is 0.267 e. The standard InChI is InChI=1S/C21H18N2O5S3/c1-13-6-8-14(9-7-13)12-23-16-5-3-2-4-15(16)17(19(23)24)18-20(25)22(21(29)30-18)10-11-31(26,27)28/h2-9H,10-12H2,1H3,(H,26,27,28)/b18-17-. The number of carbonyl (C=O) groups excluding carboxylic acids is 2. The molecule has 0 unspecified atom stereocenters. The van der Waals surface area contributed by atoms with E-state index in [1.165, 1.54) is 0 Å². The highest BCUT2D eigenvalue weighted by atomic mass is 32.2. The summed E-state index contributed by atoms with van der Waals surface area (Å²) in [6.07, 6.45) is 0. The smallest absolute Gasteiger partial charge is 0.267 e. The maximum atomic E-state index is 13.4. The number of hydrogen-bond acceptors (Lipinski definition) is 6. The zero-order valence-electron chi connectivity index (χ0n) is 16.4. The molecular weight excluding hydrogens is 456 g/mol. The number of benzene rings is 2. The lowest BCUT2D eigenvalue weighted by atomic mass is 10.1. The van der Waals surface area contributed by atoms with Gasteiger partial charge in [0.25, 0.3) is 21.9 Å². The SMILES string of the molecule is Cc1ccc(CN2C(=O)/C(=C3\SC(=S)N(CCS(=O)(=O)O)C3=O)c3ccccc32)cc1. The van der Waals surface area contributed by atoms with Crippen molar-refractivity contribution < 1.29 is 22.6 Å². The molecular formula is C21H18N2O5S3. The first kappa shape index (κ1) is 21.7. The van der Waals surface area contributed by atoms with Crippen LogP contribution in [0.5, 0.6) is 0 Å². The highest BCUT2D eigenvalue weighted by Gasteiger charge is 2.42. The fraction of sp³-hybridized carbons (Fsp3) is 0.190. The van der Waals surface area contributed by atoms with Gasteiger partial charge in [-0.25, -0.2) is 0 Å². The van der Waals surface area contributed by atoms with E-state index in [0.717, 1.165) is 27.8 Å². The predicted octanol–water partition coefficient (Wildman–Crippen LogP) is 3.00. The second kappa shape index (κ2) is 8.19. The van der Waals surface area contributed by atoms with E-state index < -0.39 is 21.8 Å². The number of nitrogens with zero attached hydrogens (tertiary/aromatic N) is 2. The molecule has 0 aliphatic carbocycles. The Labute approximate surface area is 189 Å². The molecule has 2 aliphatic rings. The van der Waals surface area contributed by atoms with Gasteiger partial charge in [0, 0.05) is 12.1 Å². The largest absolute Gasteiger partial charge is 0.303 e. The van der Waals surface area contributed by atoms with Crippen molar-refractivity contribution in [3.63, 3.8) is 0 Å². The molecule has 2 aromatic rings. The van der Waals surface area contributed by atoms with Crippen molar-refractivity contribution >= 4 is 61.5 Å². The van der Waals surface area contributed by atoms with Crippen LogP contribution in [-0.2, 0) is 26.3 Å². The molecule has 0 radical (unpaired) electrons. The van der Waals surface area contributed by atoms with Crippen molar-refractivity contribution in [2.75, 3.05) is 17.2 Å². The van der Waals surface area contributed by atoms with Gasteiger partial charge in [-0.1, -0.05) is 72.0 Å². The van der Waals surface area contributed by atoms with Gasteiger partial charge >= 0.3 is 0 Å². The minimum atomic E-state index is -4.25. The maximum absolute atomic E-state index is 13.4. The summed E-state index contributed by atoms with van der Waals surface area (Å²) in [5, 5.41) is 0. The summed E-state index contributed by atoms with van der Waals surface area (Å²) in [5.74, 6) is -1.47. The Balaban J connectivity index is 1.71. The zero-order chi connectivity index (χ0) is 22.3. The third-order valence-electron chi connectivity index (χ3n) is 5.03. The van der Waals surface area contributed by atoms with Gasteiger partial charge in [0.2, 0.25) is 0 Å². The van der Waals surface area contributed by atoms with Crippen molar-refractivity contribution in [2.45, 2.75) is 13.5 Å². The van der Waals surface area contributed by atoms with Crippen LogP contribution in [0.4, 0.5) is 5.69 Å². The molecule has 2 heterocycles. The summed E-state index contributed by atoms with van der Waals surface area (Å²) in [5.41, 5.74) is 3.66. The van der Waals surface area contributed by atoms with Crippen LogP contribution in [0.25, 0.3) is 5.57 Å². The van der Waals surface area contributed by atoms with Crippen molar-refractivity contribution in [3.8, 4) is 0 Å². The third-order valence-corrected chi connectivity index (χ3v) is 7.18. The molecule has 2 aromatic carbocycles. The van der Waals surface area contributed by atoms with Crippen LogP contribution in [0.1, 0.15) is 16.7 Å². The topological polar surface area (TPSA) is 95.0 Å². The Morgan fingerprint density at radius 3 is 2.35 bits per heavy atom. The molecule has 31 heavy (non-hydrogen) atoms. The van der Waals surface area contributed by atoms with Gasteiger partial charge < -0.3 is 4.90 Å². The molecule has 1 fully saturated rings. The molecule has 2 amide bonds. The zero-order valence-corrected chi connectivity index (χ0v) is 18.9. The molecule has 1 saturated heterocycles. The molecule has 7 nitrogen and oxygen atoms in total. The number of rotatable bonds is 5. The second-order valence-electron chi connectivity index (χ2n) is 7.21. The fourth-order valence-electron chi connectivity index (χ4n) is 3.48. The van der Waals surface area contributed by atoms with Crippen molar-refractivity contribution in [1.29, 1.82) is 0 Å². The lowest BCUT2D eigenvalue weighted by Gasteiger charge is -2.17. The molecule has 0 bridgehead atoms. The molecule has 0 spiro atoms. The Morgan fingerprint density at radius 1 is 1.00 bits per heavy atom. The molecule has 0 aromatic heterocycles. The number of anilines is 1. The van der Waals surface area contributed by atoms with Gasteiger partial charge in [0.1, 0.15) is 4.32 Å². The summed E-state index contributed by atoms with van der Waals surface area (Å²) in [7, 11) is -4.25. The monoisotopic (exact) mass is 474 g/mol. The van der Waals surface area contributed by atoms with E-state index in [0.29, 0.717) is 17.8 Å². The highest BCUT2D eigenvalue weighted by molar-refractivity contribution is 8.26. The number of carbonyl (C=O) groups is 2. The number of hydrogen-bond donors (Lipinski definition) is 1. The van der Waals surface area contributed by atoms with Gasteiger partial charge in [-0.3, -0.25) is 19.0 Å². The number of para-hydroxylation sites is 1. The van der Waals surface area contributed by atoms with Crippen LogP contribution >= 0.6 is 24.0 Å². The predicted molar refractivity (Wildman–Crippen MR) is 124 cm³/mol. The van der Waals surface area contributed by atoms with Crippen LogP contribution in [0.2, 0.25) is 0 Å². The van der Waals surface area contributed by atoms with Crippen LogP contribution < -0.4 is 4.90 Å². The highest BCUT2D eigenvalue weighted by Crippen LogP contribution is 2.44. The first-order chi connectivity index (χ1) is 14.7. The normalized spacial score (nSPS) is 18.8. The van der Waals surface area contributed by atoms with Crippen LogP contribution in [-0.4, -0.2) is 46.3 Å². The fourth-order valence-corrected chi connectivity index (χ4v) is 5.27. The number of aryl methyl sites for hydroxylation is 1. The first-order valence-electron chi connectivity index (χ1n) is 9.35. The van der Waals surface area contributed by atoms with Gasteiger partial charge in [0.05, 0.1) is 28.5 Å². The van der Waals surface area contributed by atoms with Crippen molar-refractivity contribution in [3.05, 3.63) is 70.1 Å². The van der Waals surface area contributed by atoms with Crippen LogP contribution in [0, 0.1) is 6.92 Å². The minimum absolute atomic E-state index is 0.151. The minimum Gasteiger partial charge on any atom is -0.303 e. The van der Waals surface area contributed by atoms with Crippen molar-refractivity contribution in [2.24, 2.45) is 0 Å². The summed E-state index contributed by atoms with van der Waals surface area (Å²) in [4.78, 5) is 29.3.